The Bertz CT molecular complexity index is 689. The lowest BCUT2D eigenvalue weighted by molar-refractivity contribution is 0.0691. The summed E-state index contributed by atoms with van der Waals surface area (Å²) < 4.78 is 37.5. The third-order valence-corrected chi connectivity index (χ3v) is 1.35. The normalized spacial score (nSPS) is 15.5. The molecule has 0 aliphatic rings. The molecule has 0 aromatic carbocycles. The van der Waals surface area contributed by atoms with E-state index in [1.807, 2.05) is 0 Å². The molecule has 2 rings (SSSR count). The number of carboxylic acids is 1. The van der Waals surface area contributed by atoms with Gasteiger partial charge < -0.3 is 5.11 Å². The Morgan fingerprint density at radius 2 is 2.31 bits per heavy atom. The molecule has 0 fully saturated rings. The number of fused-ring (bicyclic) bond motifs is 1. The highest BCUT2D eigenvalue weighted by Crippen LogP contribution is 2.08. The molecule has 0 atom stereocenters. The number of rotatable bonds is 1. The van der Waals surface area contributed by atoms with Crippen molar-refractivity contribution in [3.63, 3.8) is 0 Å². The van der Waals surface area contributed by atoms with Crippen LogP contribution in [0.25, 0.3) is 11.0 Å². The van der Waals surface area contributed by atoms with Gasteiger partial charge in [-0.25, -0.2) is 14.8 Å². The van der Waals surface area contributed by atoms with E-state index in [0.717, 1.165) is 0 Å². The van der Waals surface area contributed by atoms with E-state index in [-0.39, 0.29) is 11.0 Å². The fourth-order valence-electron chi connectivity index (χ4n) is 0.808. The first kappa shape index (κ1) is 3.83. The average Bonchev–Trinajstić information content (AvgIpc) is 2.30. The van der Waals surface area contributed by atoms with Crippen molar-refractivity contribution >= 4 is 17.0 Å². The zero-order valence-corrected chi connectivity index (χ0v) is 6.25. The highest BCUT2D eigenvalue weighted by atomic mass is 16.4. The Morgan fingerprint density at radius 1 is 1.46 bits per heavy atom. The summed E-state index contributed by atoms with van der Waals surface area (Å²) in [6.07, 6.45) is -0.520. The van der Waals surface area contributed by atoms with Crippen LogP contribution in [-0.2, 0) is 0 Å². The lowest BCUT2D eigenvalue weighted by Crippen LogP contribution is -2.00. The molecule has 0 bridgehead atoms. The van der Waals surface area contributed by atoms with E-state index in [9.17, 15) is 4.79 Å². The van der Waals surface area contributed by atoms with E-state index in [2.05, 4.69) is 9.97 Å². The second-order valence-corrected chi connectivity index (χ2v) is 2.19. The summed E-state index contributed by atoms with van der Waals surface area (Å²) in [5.74, 6) is -1.48. The molecule has 1 N–H and O–H groups in total. The van der Waals surface area contributed by atoms with Gasteiger partial charge in [-0.3, -0.25) is 0 Å². The van der Waals surface area contributed by atoms with Gasteiger partial charge in [-0.1, -0.05) is 0 Å². The van der Waals surface area contributed by atoms with E-state index >= 15 is 0 Å². The number of hydrogen-bond donors (Lipinski definition) is 1. The molecule has 0 spiro atoms. The number of nitrogens with zero attached hydrogens (tertiary/aromatic N) is 2. The molecular weight excluding hydrogens is 168 g/mol. The fraction of sp³-hybridized carbons (Fsp3) is 0. The standard InChI is InChI=1S/C9H6N2O2/c12-9(13)7-4-3-6-2-1-5-10-8(6)11-7/h1-5H,(H,12,13)/i1D,2D,3D,4D,5D. The van der Waals surface area contributed by atoms with Crippen molar-refractivity contribution in [2.45, 2.75) is 0 Å². The third kappa shape index (κ3) is 1.33. The second-order valence-electron chi connectivity index (χ2n) is 2.19. The van der Waals surface area contributed by atoms with Crippen LogP contribution in [0, 0.1) is 0 Å². The summed E-state index contributed by atoms with van der Waals surface area (Å²) >= 11 is 0. The monoisotopic (exact) mass is 179 g/mol. The summed E-state index contributed by atoms with van der Waals surface area (Å²) in [5, 5.41) is 8.63. The second kappa shape index (κ2) is 2.82. The number of pyridine rings is 2. The van der Waals surface area contributed by atoms with Crippen LogP contribution in [0.1, 0.15) is 17.3 Å². The first-order chi connectivity index (χ1) is 8.34. The Kier molecular flexibility index (Phi) is 0.830. The van der Waals surface area contributed by atoms with Gasteiger partial charge in [0.25, 0.3) is 0 Å². The van der Waals surface area contributed by atoms with Crippen molar-refractivity contribution in [3.05, 3.63) is 36.0 Å². The summed E-state index contributed by atoms with van der Waals surface area (Å²) in [4.78, 5) is 17.9. The van der Waals surface area contributed by atoms with Crippen LogP contribution < -0.4 is 0 Å². The predicted molar refractivity (Wildman–Crippen MR) is 46.5 cm³/mol. The Labute approximate surface area is 80.9 Å². The molecule has 4 nitrogen and oxygen atoms in total. The fourth-order valence-corrected chi connectivity index (χ4v) is 0.808. The van der Waals surface area contributed by atoms with Gasteiger partial charge in [0.1, 0.15) is 0 Å². The van der Waals surface area contributed by atoms with Crippen LogP contribution in [-0.4, -0.2) is 21.0 Å². The minimum Gasteiger partial charge on any atom is -0.477 e. The minimum atomic E-state index is -1.48. The number of aromatic nitrogens is 2. The molecule has 0 amide bonds. The Hall–Kier alpha value is -1.97. The number of hydrogen-bond acceptors (Lipinski definition) is 3. The van der Waals surface area contributed by atoms with Crippen LogP contribution in [0.15, 0.2) is 30.3 Å². The lowest BCUT2D eigenvalue weighted by atomic mass is 10.2. The lowest BCUT2D eigenvalue weighted by Gasteiger charge is -1.96. The summed E-state index contributed by atoms with van der Waals surface area (Å²) in [6.45, 7) is 0. The number of aromatic carboxylic acids is 1. The summed E-state index contributed by atoms with van der Waals surface area (Å²) in [7, 11) is 0. The number of carboxylic acid groups (broad SMARTS) is 1. The summed E-state index contributed by atoms with van der Waals surface area (Å²) in [5.41, 5.74) is -0.934. The van der Waals surface area contributed by atoms with Gasteiger partial charge in [0.2, 0.25) is 0 Å². The molecule has 13 heavy (non-hydrogen) atoms. The minimum absolute atomic E-state index is 0.189. The van der Waals surface area contributed by atoms with Gasteiger partial charge in [-0.2, -0.15) is 0 Å². The van der Waals surface area contributed by atoms with E-state index in [1.165, 1.54) is 0 Å². The van der Waals surface area contributed by atoms with Crippen LogP contribution >= 0.6 is 0 Å². The van der Waals surface area contributed by atoms with Crippen molar-refractivity contribution in [1.82, 2.24) is 9.97 Å². The highest BCUT2D eigenvalue weighted by Gasteiger charge is 2.04. The average molecular weight is 179 g/mol. The zero-order chi connectivity index (χ0) is 13.6. The molecule has 0 radical (unpaired) electrons. The maximum Gasteiger partial charge on any atom is 0.354 e. The first-order valence-corrected chi connectivity index (χ1v) is 3.32. The molecule has 4 heteroatoms. The smallest absolute Gasteiger partial charge is 0.354 e. The molecule has 2 aromatic heterocycles. The van der Waals surface area contributed by atoms with Gasteiger partial charge in [-0.15, -0.1) is 0 Å². The maximum absolute atomic E-state index is 10.8. The van der Waals surface area contributed by atoms with Crippen molar-refractivity contribution < 1.29 is 16.8 Å². The van der Waals surface area contributed by atoms with Gasteiger partial charge in [-0.05, 0) is 24.2 Å². The third-order valence-electron chi connectivity index (χ3n) is 1.35. The summed E-state index contributed by atoms with van der Waals surface area (Å²) in [6, 6.07) is -2.10. The predicted octanol–water partition coefficient (Wildman–Crippen LogP) is 1.33. The van der Waals surface area contributed by atoms with E-state index < -0.39 is 42.0 Å². The van der Waals surface area contributed by atoms with Crippen molar-refractivity contribution in [1.29, 1.82) is 0 Å². The maximum atomic E-state index is 10.8. The van der Waals surface area contributed by atoms with E-state index in [4.69, 9.17) is 12.0 Å². The molecule has 2 aromatic rings. The Morgan fingerprint density at radius 3 is 3.08 bits per heavy atom. The first-order valence-electron chi connectivity index (χ1n) is 5.82. The number of carbonyl (C=O) groups is 1. The molecule has 0 unspecified atom stereocenters. The molecular formula is C9H6N2O2. The molecule has 64 valence electrons. The SMILES string of the molecule is [2H]c1nc2nc(C(=O)O)c([2H])c([2H])c2c([2H])c1[2H]. The van der Waals surface area contributed by atoms with Crippen LogP contribution in [0.2, 0.25) is 0 Å². The topological polar surface area (TPSA) is 63.1 Å². The van der Waals surface area contributed by atoms with E-state index in [0.29, 0.717) is 0 Å². The van der Waals surface area contributed by atoms with Crippen LogP contribution in [0.5, 0.6) is 0 Å². The molecule has 0 aliphatic carbocycles. The molecule has 0 saturated carbocycles. The van der Waals surface area contributed by atoms with Crippen molar-refractivity contribution in [3.8, 4) is 0 Å². The van der Waals surface area contributed by atoms with Crippen LogP contribution in [0.3, 0.4) is 0 Å². The zero-order valence-electron chi connectivity index (χ0n) is 11.2. The van der Waals surface area contributed by atoms with Crippen molar-refractivity contribution in [2.24, 2.45) is 0 Å². The van der Waals surface area contributed by atoms with Crippen LogP contribution in [0.4, 0.5) is 0 Å². The van der Waals surface area contributed by atoms with Gasteiger partial charge in [0.05, 0.1) is 6.85 Å². The molecule has 0 saturated heterocycles. The van der Waals surface area contributed by atoms with E-state index in [1.54, 1.807) is 0 Å². The van der Waals surface area contributed by atoms with Gasteiger partial charge in [0.15, 0.2) is 11.3 Å². The highest BCUT2D eigenvalue weighted by molar-refractivity contribution is 5.88. The van der Waals surface area contributed by atoms with Gasteiger partial charge >= 0.3 is 5.97 Å². The Balaban J connectivity index is 3.00. The van der Waals surface area contributed by atoms with Crippen molar-refractivity contribution in [2.75, 3.05) is 0 Å². The largest absolute Gasteiger partial charge is 0.477 e. The molecule has 0 aliphatic heterocycles. The quantitative estimate of drug-likeness (QED) is 0.717. The molecule has 2 heterocycles. The van der Waals surface area contributed by atoms with Gasteiger partial charge in [0, 0.05) is 11.6 Å².